The molecule has 0 saturated carbocycles. The highest BCUT2D eigenvalue weighted by molar-refractivity contribution is 7.91. The molecule has 1 fully saturated rings. The number of carbonyl (C=O) groups is 1. The smallest absolute Gasteiger partial charge is 0.278 e. The van der Waals surface area contributed by atoms with Crippen LogP contribution in [0.15, 0.2) is 36.4 Å². The Morgan fingerprint density at radius 2 is 2.04 bits per heavy atom. The van der Waals surface area contributed by atoms with Crippen LogP contribution in [0.4, 0.5) is 0 Å². The van der Waals surface area contributed by atoms with Gasteiger partial charge in [0.1, 0.15) is 0 Å². The van der Waals surface area contributed by atoms with E-state index >= 15 is 0 Å². The van der Waals surface area contributed by atoms with Crippen LogP contribution in [0.25, 0.3) is 5.57 Å². The summed E-state index contributed by atoms with van der Waals surface area (Å²) in [7, 11) is -2.96. The zero-order chi connectivity index (χ0) is 17.2. The predicted octanol–water partition coefficient (Wildman–Crippen LogP) is 0.0504. The zero-order valence-electron chi connectivity index (χ0n) is 14.0. The molecule has 0 spiro atoms. The van der Waals surface area contributed by atoms with Gasteiger partial charge in [0, 0.05) is 12.5 Å². The van der Waals surface area contributed by atoms with Crippen LogP contribution in [0.3, 0.4) is 0 Å². The molecule has 130 valence electrons. The van der Waals surface area contributed by atoms with E-state index in [4.69, 9.17) is 0 Å². The molecule has 24 heavy (non-hydrogen) atoms. The van der Waals surface area contributed by atoms with Gasteiger partial charge in [-0.05, 0) is 30.6 Å². The second-order valence-corrected chi connectivity index (χ2v) is 9.02. The summed E-state index contributed by atoms with van der Waals surface area (Å²) in [5.41, 5.74) is 2.60. The van der Waals surface area contributed by atoms with Crippen LogP contribution in [0, 0.1) is 0 Å². The van der Waals surface area contributed by atoms with E-state index in [1.54, 1.807) is 0 Å². The van der Waals surface area contributed by atoms with E-state index in [-0.39, 0.29) is 29.5 Å². The van der Waals surface area contributed by atoms with Crippen molar-refractivity contribution in [1.82, 2.24) is 5.32 Å². The lowest BCUT2D eigenvalue weighted by Gasteiger charge is -2.29. The Morgan fingerprint density at radius 1 is 1.29 bits per heavy atom. The monoisotopic (exact) mass is 349 g/mol. The lowest BCUT2D eigenvalue weighted by molar-refractivity contribution is -0.909. The number of amides is 1. The molecule has 3 rings (SSSR count). The molecule has 2 N–H and O–H groups in total. The van der Waals surface area contributed by atoms with Gasteiger partial charge in [0.05, 0.1) is 24.6 Å². The summed E-state index contributed by atoms with van der Waals surface area (Å²) in [6.07, 6.45) is 3.71. The van der Waals surface area contributed by atoms with E-state index in [0.29, 0.717) is 6.42 Å². The molecule has 6 heteroatoms. The molecule has 3 atom stereocenters. The van der Waals surface area contributed by atoms with Crippen molar-refractivity contribution < 1.29 is 18.1 Å². The first-order valence-electron chi connectivity index (χ1n) is 8.54. The van der Waals surface area contributed by atoms with Crippen LogP contribution in [0.1, 0.15) is 25.3 Å². The molecular weight excluding hydrogens is 324 g/mol. The van der Waals surface area contributed by atoms with Gasteiger partial charge in [0.2, 0.25) is 0 Å². The SMILES string of the molecule is C[C@@H](C(=O)N[C@@H]1CCS(=O)(=O)C1)[NH+]1CC=C(c2ccccc2)CC1. The highest BCUT2D eigenvalue weighted by Gasteiger charge is 2.33. The first kappa shape index (κ1) is 17.2. The minimum absolute atomic E-state index is 0.0383. The van der Waals surface area contributed by atoms with Crippen LogP contribution in [0.5, 0.6) is 0 Å². The summed E-state index contributed by atoms with van der Waals surface area (Å²) in [5.74, 6) is 0.230. The van der Waals surface area contributed by atoms with Crippen molar-refractivity contribution in [2.45, 2.75) is 31.8 Å². The van der Waals surface area contributed by atoms with Crippen molar-refractivity contribution in [1.29, 1.82) is 0 Å². The number of hydrogen-bond acceptors (Lipinski definition) is 3. The predicted molar refractivity (Wildman–Crippen MR) is 94.4 cm³/mol. The number of carbonyl (C=O) groups excluding carboxylic acids is 1. The Labute approximate surface area is 143 Å². The van der Waals surface area contributed by atoms with Gasteiger partial charge < -0.3 is 10.2 Å². The second kappa shape index (κ2) is 7.07. The molecule has 0 radical (unpaired) electrons. The molecular formula is C18H25N2O3S+. The number of nitrogens with one attached hydrogen (secondary N) is 2. The molecule has 1 amide bonds. The molecule has 1 saturated heterocycles. The van der Waals surface area contributed by atoms with Gasteiger partial charge in [-0.25, -0.2) is 8.42 Å². The van der Waals surface area contributed by atoms with Crippen LogP contribution in [-0.2, 0) is 14.6 Å². The van der Waals surface area contributed by atoms with Crippen molar-refractivity contribution in [2.24, 2.45) is 0 Å². The summed E-state index contributed by atoms with van der Waals surface area (Å²) < 4.78 is 23.0. The second-order valence-electron chi connectivity index (χ2n) is 6.79. The van der Waals surface area contributed by atoms with Gasteiger partial charge in [0.25, 0.3) is 5.91 Å². The molecule has 1 aromatic carbocycles. The summed E-state index contributed by atoms with van der Waals surface area (Å²) in [5, 5.41) is 2.91. The summed E-state index contributed by atoms with van der Waals surface area (Å²) in [4.78, 5) is 13.6. The maximum atomic E-state index is 12.4. The maximum absolute atomic E-state index is 12.4. The average Bonchev–Trinajstić information content (AvgIpc) is 2.93. The van der Waals surface area contributed by atoms with Crippen LogP contribution in [-0.4, -0.2) is 51.0 Å². The van der Waals surface area contributed by atoms with Gasteiger partial charge in [-0.15, -0.1) is 0 Å². The highest BCUT2D eigenvalue weighted by Crippen LogP contribution is 2.18. The first-order chi connectivity index (χ1) is 11.4. The van der Waals surface area contributed by atoms with Crippen molar-refractivity contribution in [3.05, 3.63) is 42.0 Å². The van der Waals surface area contributed by atoms with Gasteiger partial charge >= 0.3 is 0 Å². The molecule has 1 unspecified atom stereocenters. The number of rotatable bonds is 4. The molecule has 2 heterocycles. The summed E-state index contributed by atoms with van der Waals surface area (Å²) in [6, 6.07) is 9.95. The molecule has 0 aromatic heterocycles. The minimum Gasteiger partial charge on any atom is -0.347 e. The third-order valence-corrected chi connectivity index (χ3v) is 6.82. The molecule has 0 bridgehead atoms. The van der Waals surface area contributed by atoms with Crippen molar-refractivity contribution in [3.63, 3.8) is 0 Å². The fourth-order valence-corrected chi connectivity index (χ4v) is 5.16. The van der Waals surface area contributed by atoms with Crippen LogP contribution >= 0.6 is 0 Å². The standard InChI is InChI=1S/C18H24N2O3S/c1-14(18(21)19-17-9-12-24(22,23)13-17)20-10-7-16(8-11-20)15-5-3-2-4-6-15/h2-7,14,17H,8-13H2,1H3,(H,19,21)/p+1/t14-,17+/m0/s1. The van der Waals surface area contributed by atoms with Crippen molar-refractivity contribution >= 4 is 21.3 Å². The minimum atomic E-state index is -2.96. The van der Waals surface area contributed by atoms with Crippen molar-refractivity contribution in [3.8, 4) is 0 Å². The number of hydrogen-bond donors (Lipinski definition) is 2. The number of benzene rings is 1. The number of quaternary nitrogens is 1. The highest BCUT2D eigenvalue weighted by atomic mass is 32.2. The van der Waals surface area contributed by atoms with Crippen LogP contribution < -0.4 is 10.2 Å². The summed E-state index contributed by atoms with van der Waals surface area (Å²) in [6.45, 7) is 3.66. The molecule has 2 aliphatic heterocycles. The Kier molecular flexibility index (Phi) is 5.06. The number of sulfone groups is 1. The Hall–Kier alpha value is -1.66. The van der Waals surface area contributed by atoms with Crippen molar-refractivity contribution in [2.75, 3.05) is 24.6 Å². The molecule has 0 aliphatic carbocycles. The topological polar surface area (TPSA) is 67.7 Å². The van der Waals surface area contributed by atoms with E-state index in [2.05, 4.69) is 23.5 Å². The van der Waals surface area contributed by atoms with Crippen LogP contribution in [0.2, 0.25) is 0 Å². The van der Waals surface area contributed by atoms with E-state index < -0.39 is 9.84 Å². The van der Waals surface area contributed by atoms with Gasteiger partial charge in [0.15, 0.2) is 15.9 Å². The normalized spacial score (nSPS) is 27.3. The lowest BCUT2D eigenvalue weighted by Crippen LogP contribution is -3.17. The van der Waals surface area contributed by atoms with Gasteiger partial charge in [-0.3, -0.25) is 4.79 Å². The van der Waals surface area contributed by atoms with Gasteiger partial charge in [-0.2, -0.15) is 0 Å². The molecule has 5 nitrogen and oxygen atoms in total. The summed E-state index contributed by atoms with van der Waals surface area (Å²) >= 11 is 0. The Bertz CT molecular complexity index is 728. The van der Waals surface area contributed by atoms with E-state index in [0.717, 1.165) is 19.5 Å². The Balaban J connectivity index is 1.56. The zero-order valence-corrected chi connectivity index (χ0v) is 14.8. The third-order valence-electron chi connectivity index (χ3n) is 5.06. The van der Waals surface area contributed by atoms with E-state index in [1.165, 1.54) is 16.0 Å². The third kappa shape index (κ3) is 4.05. The largest absolute Gasteiger partial charge is 0.347 e. The van der Waals surface area contributed by atoms with E-state index in [1.807, 2.05) is 25.1 Å². The average molecular weight is 349 g/mol. The fraction of sp³-hybridized carbons (Fsp3) is 0.500. The molecule has 1 aromatic rings. The van der Waals surface area contributed by atoms with Gasteiger partial charge in [-0.1, -0.05) is 30.3 Å². The Morgan fingerprint density at radius 3 is 2.62 bits per heavy atom. The first-order valence-corrected chi connectivity index (χ1v) is 10.4. The fourth-order valence-electron chi connectivity index (χ4n) is 3.48. The maximum Gasteiger partial charge on any atom is 0.278 e. The van der Waals surface area contributed by atoms with E-state index in [9.17, 15) is 13.2 Å². The lowest BCUT2D eigenvalue weighted by atomic mass is 9.99. The molecule has 2 aliphatic rings. The quantitative estimate of drug-likeness (QED) is 0.807.